The number of Topliss-reactive ketones (excluding diaryl/α,β-unsaturated/α-hetero) is 1. The molecule has 1 aromatic carbocycles. The van der Waals surface area contributed by atoms with Gasteiger partial charge in [-0.1, -0.05) is 18.9 Å². The Kier molecular flexibility index (Phi) is 3.30. The van der Waals surface area contributed by atoms with Gasteiger partial charge in [-0.25, -0.2) is 0 Å². The highest BCUT2D eigenvalue weighted by atomic mass is 16.1. The molecule has 3 rings (SSSR count). The van der Waals surface area contributed by atoms with E-state index in [0.29, 0.717) is 0 Å². The van der Waals surface area contributed by atoms with Crippen LogP contribution in [0.2, 0.25) is 0 Å². The molecule has 1 heterocycles. The zero-order chi connectivity index (χ0) is 13.2. The number of rotatable bonds is 2. The quantitative estimate of drug-likeness (QED) is 0.838. The molecule has 0 amide bonds. The number of carbonyl (C=O) groups is 1. The van der Waals surface area contributed by atoms with Crippen LogP contribution >= 0.6 is 0 Å². The smallest absolute Gasteiger partial charge is 0.167 e. The average molecular weight is 254 g/mol. The van der Waals surface area contributed by atoms with E-state index in [1.54, 1.807) is 6.20 Å². The van der Waals surface area contributed by atoms with Gasteiger partial charge in [0.2, 0.25) is 0 Å². The van der Waals surface area contributed by atoms with E-state index in [9.17, 15) is 4.79 Å². The van der Waals surface area contributed by atoms with E-state index >= 15 is 0 Å². The van der Waals surface area contributed by atoms with Crippen molar-refractivity contribution in [2.24, 2.45) is 11.7 Å². The number of hydrogen-bond donors (Lipinski definition) is 1. The molecule has 19 heavy (non-hydrogen) atoms. The van der Waals surface area contributed by atoms with Gasteiger partial charge in [-0.15, -0.1) is 0 Å². The molecule has 98 valence electrons. The third-order valence-corrected chi connectivity index (χ3v) is 4.04. The van der Waals surface area contributed by atoms with Gasteiger partial charge < -0.3 is 5.73 Å². The van der Waals surface area contributed by atoms with Gasteiger partial charge in [0.25, 0.3) is 0 Å². The summed E-state index contributed by atoms with van der Waals surface area (Å²) >= 11 is 0. The SMILES string of the molecule is NC1CCCCC1C(=O)c1ccc2ncccc2c1. The molecule has 2 aromatic rings. The third-order valence-electron chi connectivity index (χ3n) is 4.04. The van der Waals surface area contributed by atoms with E-state index in [0.717, 1.165) is 42.1 Å². The van der Waals surface area contributed by atoms with Gasteiger partial charge in [0.1, 0.15) is 0 Å². The van der Waals surface area contributed by atoms with Crippen LogP contribution in [0.15, 0.2) is 36.5 Å². The van der Waals surface area contributed by atoms with Gasteiger partial charge >= 0.3 is 0 Å². The highest BCUT2D eigenvalue weighted by Crippen LogP contribution is 2.27. The van der Waals surface area contributed by atoms with Crippen molar-refractivity contribution >= 4 is 16.7 Å². The standard InChI is InChI=1S/C16H18N2O/c17-14-6-2-1-5-13(14)16(19)12-7-8-15-11(10-12)4-3-9-18-15/h3-4,7-10,13-14H,1-2,5-6,17H2. The van der Waals surface area contributed by atoms with Crippen LogP contribution in [-0.4, -0.2) is 16.8 Å². The molecule has 0 spiro atoms. The van der Waals surface area contributed by atoms with Gasteiger partial charge in [-0.2, -0.15) is 0 Å². The van der Waals surface area contributed by atoms with E-state index in [-0.39, 0.29) is 17.7 Å². The molecular weight excluding hydrogens is 236 g/mol. The summed E-state index contributed by atoms with van der Waals surface area (Å²) in [6.45, 7) is 0. The van der Waals surface area contributed by atoms with Crippen molar-refractivity contribution in [3.8, 4) is 0 Å². The van der Waals surface area contributed by atoms with Crippen molar-refractivity contribution in [1.29, 1.82) is 0 Å². The van der Waals surface area contributed by atoms with E-state index < -0.39 is 0 Å². The number of hydrogen-bond acceptors (Lipinski definition) is 3. The maximum atomic E-state index is 12.6. The Hall–Kier alpha value is -1.74. The Morgan fingerprint density at radius 3 is 2.89 bits per heavy atom. The second-order valence-electron chi connectivity index (χ2n) is 5.33. The summed E-state index contributed by atoms with van der Waals surface area (Å²) < 4.78 is 0. The van der Waals surface area contributed by atoms with E-state index in [2.05, 4.69) is 4.98 Å². The van der Waals surface area contributed by atoms with Crippen LogP contribution in [0.4, 0.5) is 0 Å². The molecule has 2 N–H and O–H groups in total. The first-order chi connectivity index (χ1) is 9.25. The van der Waals surface area contributed by atoms with E-state index in [1.807, 2.05) is 30.3 Å². The molecule has 1 fully saturated rings. The average Bonchev–Trinajstić information content (AvgIpc) is 2.46. The number of fused-ring (bicyclic) bond motifs is 1. The number of nitrogens with zero attached hydrogens (tertiary/aromatic N) is 1. The van der Waals surface area contributed by atoms with Crippen LogP contribution in [0.5, 0.6) is 0 Å². The summed E-state index contributed by atoms with van der Waals surface area (Å²) in [6, 6.07) is 9.62. The Morgan fingerprint density at radius 1 is 1.21 bits per heavy atom. The molecular formula is C16H18N2O. The maximum absolute atomic E-state index is 12.6. The minimum atomic E-state index is -0.0112. The van der Waals surface area contributed by atoms with Gasteiger partial charge in [0.05, 0.1) is 5.52 Å². The number of ketones is 1. The minimum absolute atomic E-state index is 0.0112. The van der Waals surface area contributed by atoms with Gasteiger partial charge in [0, 0.05) is 29.1 Å². The lowest BCUT2D eigenvalue weighted by Crippen LogP contribution is -2.38. The van der Waals surface area contributed by atoms with Crippen molar-refractivity contribution in [2.45, 2.75) is 31.7 Å². The molecule has 0 aliphatic heterocycles. The minimum Gasteiger partial charge on any atom is -0.327 e. The number of benzene rings is 1. The molecule has 3 heteroatoms. The number of aromatic nitrogens is 1. The van der Waals surface area contributed by atoms with E-state index in [1.165, 1.54) is 0 Å². The summed E-state index contributed by atoms with van der Waals surface area (Å²) in [4.78, 5) is 16.8. The number of pyridine rings is 1. The molecule has 3 nitrogen and oxygen atoms in total. The predicted octanol–water partition coefficient (Wildman–Crippen LogP) is 2.94. The Morgan fingerprint density at radius 2 is 2.05 bits per heavy atom. The fourth-order valence-corrected chi connectivity index (χ4v) is 2.93. The summed E-state index contributed by atoms with van der Waals surface area (Å²) in [5.74, 6) is 0.181. The van der Waals surface area contributed by atoms with Gasteiger partial charge in [-0.3, -0.25) is 9.78 Å². The Labute approximate surface area is 112 Å². The Balaban J connectivity index is 1.92. The molecule has 2 atom stereocenters. The summed E-state index contributed by atoms with van der Waals surface area (Å²) in [6.07, 6.45) is 5.91. The Bertz CT molecular complexity index is 608. The molecule has 0 bridgehead atoms. The summed E-state index contributed by atoms with van der Waals surface area (Å²) in [5.41, 5.74) is 7.79. The molecule has 1 saturated carbocycles. The van der Waals surface area contributed by atoms with Crippen molar-refractivity contribution in [2.75, 3.05) is 0 Å². The van der Waals surface area contributed by atoms with Gasteiger partial charge in [0.15, 0.2) is 5.78 Å². The highest BCUT2D eigenvalue weighted by molar-refractivity contribution is 6.01. The van der Waals surface area contributed by atoms with Crippen LogP contribution < -0.4 is 5.73 Å². The van der Waals surface area contributed by atoms with E-state index in [4.69, 9.17) is 5.73 Å². The highest BCUT2D eigenvalue weighted by Gasteiger charge is 2.28. The monoisotopic (exact) mass is 254 g/mol. The van der Waals surface area contributed by atoms with Crippen LogP contribution in [0, 0.1) is 5.92 Å². The van der Waals surface area contributed by atoms with Crippen molar-refractivity contribution in [1.82, 2.24) is 4.98 Å². The first kappa shape index (κ1) is 12.3. The zero-order valence-corrected chi connectivity index (χ0v) is 10.9. The zero-order valence-electron chi connectivity index (χ0n) is 10.9. The molecule has 1 aliphatic rings. The number of nitrogens with two attached hydrogens (primary N) is 1. The van der Waals surface area contributed by atoms with Crippen molar-refractivity contribution < 1.29 is 4.79 Å². The van der Waals surface area contributed by atoms with Crippen molar-refractivity contribution in [3.63, 3.8) is 0 Å². The molecule has 2 unspecified atom stereocenters. The molecule has 1 aliphatic carbocycles. The fourth-order valence-electron chi connectivity index (χ4n) is 2.93. The number of carbonyl (C=O) groups excluding carboxylic acids is 1. The van der Waals surface area contributed by atoms with Crippen LogP contribution in [0.1, 0.15) is 36.0 Å². The second-order valence-corrected chi connectivity index (χ2v) is 5.33. The van der Waals surface area contributed by atoms with Crippen LogP contribution in [0.3, 0.4) is 0 Å². The fraction of sp³-hybridized carbons (Fsp3) is 0.375. The maximum Gasteiger partial charge on any atom is 0.167 e. The molecule has 0 radical (unpaired) electrons. The largest absolute Gasteiger partial charge is 0.327 e. The van der Waals surface area contributed by atoms with Crippen molar-refractivity contribution in [3.05, 3.63) is 42.1 Å². The lowest BCUT2D eigenvalue weighted by Gasteiger charge is -2.27. The normalized spacial score (nSPS) is 23.4. The topological polar surface area (TPSA) is 56.0 Å². The lowest BCUT2D eigenvalue weighted by molar-refractivity contribution is 0.0871. The molecule has 0 saturated heterocycles. The summed E-state index contributed by atoms with van der Waals surface area (Å²) in [5, 5.41) is 1.01. The van der Waals surface area contributed by atoms with Gasteiger partial charge in [-0.05, 0) is 37.1 Å². The first-order valence-electron chi connectivity index (χ1n) is 6.90. The molecule has 1 aromatic heterocycles. The lowest BCUT2D eigenvalue weighted by atomic mass is 9.80. The second kappa shape index (κ2) is 5.10. The summed E-state index contributed by atoms with van der Waals surface area (Å²) in [7, 11) is 0. The first-order valence-corrected chi connectivity index (χ1v) is 6.90. The predicted molar refractivity (Wildman–Crippen MR) is 76.0 cm³/mol. The van der Waals surface area contributed by atoms with Crippen LogP contribution in [-0.2, 0) is 0 Å². The third kappa shape index (κ3) is 2.38. The van der Waals surface area contributed by atoms with Crippen LogP contribution in [0.25, 0.3) is 10.9 Å².